The van der Waals surface area contributed by atoms with Gasteiger partial charge in [0.25, 0.3) is 0 Å². The van der Waals surface area contributed by atoms with Gasteiger partial charge in [0, 0.05) is 5.41 Å². The van der Waals surface area contributed by atoms with Crippen molar-refractivity contribution in [3.63, 3.8) is 0 Å². The van der Waals surface area contributed by atoms with Gasteiger partial charge in [-0.25, -0.2) is 0 Å². The van der Waals surface area contributed by atoms with Gasteiger partial charge in [-0.3, -0.25) is 14.4 Å². The first-order valence-electron chi connectivity index (χ1n) is 7.04. The van der Waals surface area contributed by atoms with Crippen LogP contribution in [0.25, 0.3) is 0 Å². The number of hydrogen-bond acceptors (Lipinski definition) is 3. The second kappa shape index (κ2) is 7.59. The average molecular weight is 306 g/mol. The van der Waals surface area contributed by atoms with Crippen LogP contribution in [0.1, 0.15) is 38.8 Å². The Labute approximate surface area is 129 Å². The third kappa shape index (κ3) is 5.95. The zero-order valence-corrected chi connectivity index (χ0v) is 13.1. The summed E-state index contributed by atoms with van der Waals surface area (Å²) in [5, 5.41) is 14.1. The number of amides is 2. The summed E-state index contributed by atoms with van der Waals surface area (Å²) in [6, 6.07) is 8.24. The molecule has 0 bridgehead atoms. The first-order valence-corrected chi connectivity index (χ1v) is 7.04. The summed E-state index contributed by atoms with van der Waals surface area (Å²) in [6.45, 7) is 5.06. The number of carbonyl (C=O) groups is 3. The van der Waals surface area contributed by atoms with E-state index < -0.39 is 23.3 Å². The van der Waals surface area contributed by atoms with E-state index in [9.17, 15) is 14.4 Å². The average Bonchev–Trinajstić information content (AvgIpc) is 2.43. The van der Waals surface area contributed by atoms with E-state index in [2.05, 4.69) is 10.6 Å². The fraction of sp³-hybridized carbons (Fsp3) is 0.438. The van der Waals surface area contributed by atoms with Gasteiger partial charge in [0.15, 0.2) is 0 Å². The molecular weight excluding hydrogens is 284 g/mol. The van der Waals surface area contributed by atoms with Crippen LogP contribution in [0.2, 0.25) is 0 Å². The van der Waals surface area contributed by atoms with Gasteiger partial charge in [-0.1, -0.05) is 51.1 Å². The maximum Gasteiger partial charge on any atom is 0.305 e. The van der Waals surface area contributed by atoms with Crippen LogP contribution in [0.4, 0.5) is 0 Å². The maximum atomic E-state index is 11.9. The topological polar surface area (TPSA) is 95.5 Å². The molecule has 0 saturated carbocycles. The van der Waals surface area contributed by atoms with Crippen LogP contribution in [0.15, 0.2) is 30.3 Å². The summed E-state index contributed by atoms with van der Waals surface area (Å²) in [5.74, 6) is -1.67. The molecule has 0 aliphatic rings. The summed E-state index contributed by atoms with van der Waals surface area (Å²) < 4.78 is 0. The van der Waals surface area contributed by atoms with Gasteiger partial charge in [0.1, 0.15) is 0 Å². The lowest BCUT2D eigenvalue weighted by Crippen LogP contribution is -2.42. The zero-order chi connectivity index (χ0) is 16.8. The van der Waals surface area contributed by atoms with Crippen molar-refractivity contribution in [2.75, 3.05) is 6.54 Å². The molecular formula is C16H22N2O4. The number of rotatable bonds is 6. The van der Waals surface area contributed by atoms with E-state index >= 15 is 0 Å². The molecule has 2 amide bonds. The second-order valence-electron chi connectivity index (χ2n) is 6.06. The molecule has 0 saturated heterocycles. The fourth-order valence-electron chi connectivity index (χ4n) is 1.78. The monoisotopic (exact) mass is 306 g/mol. The van der Waals surface area contributed by atoms with Gasteiger partial charge in [-0.05, 0) is 5.56 Å². The normalized spacial score (nSPS) is 12.3. The lowest BCUT2D eigenvalue weighted by atomic mass is 9.96. The predicted molar refractivity (Wildman–Crippen MR) is 82.0 cm³/mol. The van der Waals surface area contributed by atoms with E-state index in [-0.39, 0.29) is 18.9 Å². The highest BCUT2D eigenvalue weighted by molar-refractivity contribution is 5.87. The van der Waals surface area contributed by atoms with Gasteiger partial charge in [-0.2, -0.15) is 0 Å². The molecule has 3 N–H and O–H groups in total. The number of benzene rings is 1. The van der Waals surface area contributed by atoms with Crippen molar-refractivity contribution < 1.29 is 19.5 Å². The van der Waals surface area contributed by atoms with Crippen LogP contribution in [-0.4, -0.2) is 29.4 Å². The third-order valence-electron chi connectivity index (χ3n) is 3.01. The van der Waals surface area contributed by atoms with Crippen molar-refractivity contribution in [2.24, 2.45) is 5.41 Å². The molecule has 0 heterocycles. The molecule has 0 spiro atoms. The Kier molecular flexibility index (Phi) is 6.10. The molecule has 1 aromatic carbocycles. The molecule has 0 aliphatic carbocycles. The van der Waals surface area contributed by atoms with E-state index in [1.165, 1.54) is 0 Å². The summed E-state index contributed by atoms with van der Waals surface area (Å²) in [4.78, 5) is 34.6. The molecule has 0 aliphatic heterocycles. The number of carboxylic acids is 1. The minimum absolute atomic E-state index is 0.181. The number of hydrogen-bond donors (Lipinski definition) is 3. The molecule has 1 unspecified atom stereocenters. The highest BCUT2D eigenvalue weighted by Crippen LogP contribution is 2.16. The molecule has 6 heteroatoms. The Morgan fingerprint density at radius 1 is 1.14 bits per heavy atom. The van der Waals surface area contributed by atoms with Crippen molar-refractivity contribution in [3.8, 4) is 0 Å². The van der Waals surface area contributed by atoms with Gasteiger partial charge >= 0.3 is 5.97 Å². The van der Waals surface area contributed by atoms with Crippen LogP contribution < -0.4 is 10.6 Å². The fourth-order valence-corrected chi connectivity index (χ4v) is 1.78. The van der Waals surface area contributed by atoms with Crippen molar-refractivity contribution in [2.45, 2.75) is 33.2 Å². The standard InChI is InChI=1S/C16H22N2O4/c1-16(2,3)15(22)17-10-13(19)18-12(9-14(20)21)11-7-5-4-6-8-11/h4-8,12H,9-10H2,1-3H3,(H,17,22)(H,18,19)(H,20,21). The maximum absolute atomic E-state index is 11.9. The quantitative estimate of drug-likeness (QED) is 0.742. The van der Waals surface area contributed by atoms with Crippen LogP contribution in [0.3, 0.4) is 0 Å². The van der Waals surface area contributed by atoms with Crippen LogP contribution in [-0.2, 0) is 14.4 Å². The molecule has 120 valence electrons. The van der Waals surface area contributed by atoms with Crippen molar-refractivity contribution in [1.82, 2.24) is 10.6 Å². The Morgan fingerprint density at radius 3 is 2.23 bits per heavy atom. The van der Waals surface area contributed by atoms with Crippen molar-refractivity contribution in [3.05, 3.63) is 35.9 Å². The molecule has 1 aromatic rings. The molecule has 0 fully saturated rings. The zero-order valence-electron chi connectivity index (χ0n) is 13.1. The summed E-state index contributed by atoms with van der Waals surface area (Å²) in [7, 11) is 0. The summed E-state index contributed by atoms with van der Waals surface area (Å²) >= 11 is 0. The molecule has 1 atom stereocenters. The highest BCUT2D eigenvalue weighted by Gasteiger charge is 2.22. The Bertz CT molecular complexity index is 535. The van der Waals surface area contributed by atoms with E-state index in [0.29, 0.717) is 5.56 Å². The van der Waals surface area contributed by atoms with E-state index in [1.54, 1.807) is 45.0 Å². The molecule has 6 nitrogen and oxygen atoms in total. The number of carbonyl (C=O) groups excluding carboxylic acids is 2. The smallest absolute Gasteiger partial charge is 0.305 e. The number of nitrogens with one attached hydrogen (secondary N) is 2. The first-order chi connectivity index (χ1) is 10.2. The lowest BCUT2D eigenvalue weighted by molar-refractivity contribution is -0.138. The van der Waals surface area contributed by atoms with E-state index in [1.807, 2.05) is 6.07 Å². The van der Waals surface area contributed by atoms with Gasteiger partial charge in [0.05, 0.1) is 19.0 Å². The van der Waals surface area contributed by atoms with Crippen LogP contribution in [0, 0.1) is 5.41 Å². The SMILES string of the molecule is CC(C)(C)C(=O)NCC(=O)NC(CC(=O)O)c1ccccc1. The largest absolute Gasteiger partial charge is 0.481 e. The lowest BCUT2D eigenvalue weighted by Gasteiger charge is -2.20. The van der Waals surface area contributed by atoms with Crippen molar-refractivity contribution >= 4 is 17.8 Å². The molecule has 22 heavy (non-hydrogen) atoms. The Morgan fingerprint density at radius 2 is 1.73 bits per heavy atom. The van der Waals surface area contributed by atoms with Gasteiger partial charge in [0.2, 0.25) is 11.8 Å². The number of carboxylic acid groups (broad SMARTS) is 1. The molecule has 0 aromatic heterocycles. The highest BCUT2D eigenvalue weighted by atomic mass is 16.4. The molecule has 1 rings (SSSR count). The third-order valence-corrected chi connectivity index (χ3v) is 3.01. The van der Waals surface area contributed by atoms with E-state index in [4.69, 9.17) is 5.11 Å². The van der Waals surface area contributed by atoms with Gasteiger partial charge in [-0.15, -0.1) is 0 Å². The minimum Gasteiger partial charge on any atom is -0.481 e. The van der Waals surface area contributed by atoms with E-state index in [0.717, 1.165) is 0 Å². The van der Waals surface area contributed by atoms with Crippen LogP contribution >= 0.6 is 0 Å². The second-order valence-corrected chi connectivity index (χ2v) is 6.06. The minimum atomic E-state index is -1.01. The molecule has 0 radical (unpaired) electrons. The van der Waals surface area contributed by atoms with Crippen molar-refractivity contribution in [1.29, 1.82) is 0 Å². The first kappa shape index (κ1) is 17.7. The summed E-state index contributed by atoms with van der Waals surface area (Å²) in [6.07, 6.45) is -0.219. The van der Waals surface area contributed by atoms with Gasteiger partial charge < -0.3 is 15.7 Å². The van der Waals surface area contributed by atoms with Crippen LogP contribution in [0.5, 0.6) is 0 Å². The Balaban J connectivity index is 2.64. The summed E-state index contributed by atoms with van der Waals surface area (Å²) in [5.41, 5.74) is 0.126. The number of aliphatic carboxylic acids is 1. The predicted octanol–water partition coefficient (Wildman–Crippen LogP) is 1.48. The Hall–Kier alpha value is -2.37.